The molecule has 1 aromatic carbocycles. The Kier molecular flexibility index (Phi) is 5.96. The number of aryl methyl sites for hydroxylation is 1. The van der Waals surface area contributed by atoms with Crippen LogP contribution in [0.4, 0.5) is 0 Å². The first-order valence-corrected chi connectivity index (χ1v) is 6.45. The fourth-order valence-corrected chi connectivity index (χ4v) is 2.09. The SMILES string of the molecule is Cc1cc(Cl)ccc1CN(C)CCCN(C)C. The Morgan fingerprint density at radius 2 is 1.82 bits per heavy atom. The number of nitrogens with zero attached hydrogens (tertiary/aromatic N) is 2. The number of hydrogen-bond donors (Lipinski definition) is 0. The Balaban J connectivity index is 2.42. The molecule has 0 radical (unpaired) electrons. The topological polar surface area (TPSA) is 6.48 Å². The molecule has 0 saturated heterocycles. The van der Waals surface area contributed by atoms with Crippen LogP contribution in [-0.2, 0) is 6.54 Å². The molecule has 0 aromatic heterocycles. The Bertz CT molecular complexity index is 350. The van der Waals surface area contributed by atoms with E-state index in [1.807, 2.05) is 12.1 Å². The van der Waals surface area contributed by atoms with Crippen LogP contribution in [0.5, 0.6) is 0 Å². The fraction of sp³-hybridized carbons (Fsp3) is 0.571. The molecule has 0 amide bonds. The zero-order valence-electron chi connectivity index (χ0n) is 11.3. The van der Waals surface area contributed by atoms with E-state index in [2.05, 4.69) is 43.9 Å². The second-order valence-corrected chi connectivity index (χ2v) is 5.40. The average molecular weight is 255 g/mol. The van der Waals surface area contributed by atoms with Gasteiger partial charge in [-0.15, -0.1) is 0 Å². The molecule has 3 heteroatoms. The van der Waals surface area contributed by atoms with Crippen molar-refractivity contribution in [2.45, 2.75) is 19.9 Å². The summed E-state index contributed by atoms with van der Waals surface area (Å²) < 4.78 is 0. The van der Waals surface area contributed by atoms with Gasteiger partial charge in [-0.05, 0) is 70.8 Å². The van der Waals surface area contributed by atoms with Crippen LogP contribution in [0.15, 0.2) is 18.2 Å². The van der Waals surface area contributed by atoms with Crippen LogP contribution in [0.25, 0.3) is 0 Å². The summed E-state index contributed by atoms with van der Waals surface area (Å²) in [7, 11) is 6.40. The van der Waals surface area contributed by atoms with Crippen molar-refractivity contribution in [1.82, 2.24) is 9.80 Å². The van der Waals surface area contributed by atoms with Gasteiger partial charge in [-0.25, -0.2) is 0 Å². The van der Waals surface area contributed by atoms with Gasteiger partial charge in [-0.1, -0.05) is 17.7 Å². The van der Waals surface area contributed by atoms with E-state index in [1.54, 1.807) is 0 Å². The normalized spacial score (nSPS) is 11.5. The molecule has 0 bridgehead atoms. The molecular formula is C14H23ClN2. The maximum absolute atomic E-state index is 5.95. The highest BCUT2D eigenvalue weighted by Gasteiger charge is 2.04. The predicted molar refractivity (Wildman–Crippen MR) is 75.7 cm³/mol. The van der Waals surface area contributed by atoms with Gasteiger partial charge >= 0.3 is 0 Å². The summed E-state index contributed by atoms with van der Waals surface area (Å²) in [5.74, 6) is 0. The second kappa shape index (κ2) is 7.00. The van der Waals surface area contributed by atoms with Gasteiger partial charge in [0.05, 0.1) is 0 Å². The molecule has 0 saturated carbocycles. The van der Waals surface area contributed by atoms with Gasteiger partial charge in [0.25, 0.3) is 0 Å². The smallest absolute Gasteiger partial charge is 0.0408 e. The fourth-order valence-electron chi connectivity index (χ4n) is 1.86. The number of rotatable bonds is 6. The number of benzene rings is 1. The molecule has 0 atom stereocenters. The van der Waals surface area contributed by atoms with Crippen molar-refractivity contribution in [2.75, 3.05) is 34.2 Å². The average Bonchev–Trinajstić information content (AvgIpc) is 2.21. The van der Waals surface area contributed by atoms with Crippen LogP contribution in [0, 0.1) is 6.92 Å². The summed E-state index contributed by atoms with van der Waals surface area (Å²) in [5, 5.41) is 0.821. The molecule has 96 valence electrons. The minimum atomic E-state index is 0.821. The van der Waals surface area contributed by atoms with Crippen LogP contribution in [0.3, 0.4) is 0 Å². The van der Waals surface area contributed by atoms with Crippen LogP contribution in [-0.4, -0.2) is 44.0 Å². The highest BCUT2D eigenvalue weighted by atomic mass is 35.5. The van der Waals surface area contributed by atoms with E-state index >= 15 is 0 Å². The minimum Gasteiger partial charge on any atom is -0.309 e. The third-order valence-corrected chi connectivity index (χ3v) is 3.13. The maximum Gasteiger partial charge on any atom is 0.0408 e. The molecule has 1 aromatic rings. The highest BCUT2D eigenvalue weighted by molar-refractivity contribution is 6.30. The van der Waals surface area contributed by atoms with E-state index in [4.69, 9.17) is 11.6 Å². The zero-order chi connectivity index (χ0) is 12.8. The molecule has 0 N–H and O–H groups in total. The third kappa shape index (κ3) is 5.53. The zero-order valence-corrected chi connectivity index (χ0v) is 12.1. The van der Waals surface area contributed by atoms with Gasteiger partial charge in [-0.2, -0.15) is 0 Å². The lowest BCUT2D eigenvalue weighted by molar-refractivity contribution is 0.294. The predicted octanol–water partition coefficient (Wildman–Crippen LogP) is 3.03. The molecule has 17 heavy (non-hydrogen) atoms. The Morgan fingerprint density at radius 3 is 2.41 bits per heavy atom. The summed E-state index contributed by atoms with van der Waals surface area (Å²) in [6.45, 7) is 5.38. The lowest BCUT2D eigenvalue weighted by atomic mass is 10.1. The highest BCUT2D eigenvalue weighted by Crippen LogP contribution is 2.16. The van der Waals surface area contributed by atoms with Crippen molar-refractivity contribution in [3.8, 4) is 0 Å². The second-order valence-electron chi connectivity index (χ2n) is 4.97. The molecule has 0 fully saturated rings. The van der Waals surface area contributed by atoms with E-state index in [9.17, 15) is 0 Å². The first-order valence-electron chi connectivity index (χ1n) is 6.07. The Hall–Kier alpha value is -0.570. The summed E-state index contributed by atoms with van der Waals surface area (Å²) >= 11 is 5.95. The monoisotopic (exact) mass is 254 g/mol. The molecule has 0 aliphatic rings. The van der Waals surface area contributed by atoms with Crippen molar-refractivity contribution in [2.24, 2.45) is 0 Å². The largest absolute Gasteiger partial charge is 0.309 e. The maximum atomic E-state index is 5.95. The van der Waals surface area contributed by atoms with Gasteiger partial charge in [0.1, 0.15) is 0 Å². The molecule has 0 aliphatic heterocycles. The Labute approximate surface area is 110 Å². The van der Waals surface area contributed by atoms with Crippen molar-refractivity contribution in [3.05, 3.63) is 34.3 Å². The summed E-state index contributed by atoms with van der Waals surface area (Å²) in [5.41, 5.74) is 2.64. The van der Waals surface area contributed by atoms with Crippen LogP contribution >= 0.6 is 11.6 Å². The van der Waals surface area contributed by atoms with E-state index in [1.165, 1.54) is 17.5 Å². The molecule has 0 unspecified atom stereocenters. The first-order chi connectivity index (χ1) is 7.99. The third-order valence-electron chi connectivity index (χ3n) is 2.89. The molecule has 0 heterocycles. The quantitative estimate of drug-likeness (QED) is 0.770. The molecule has 0 spiro atoms. The Morgan fingerprint density at radius 1 is 1.12 bits per heavy atom. The number of hydrogen-bond acceptors (Lipinski definition) is 2. The van der Waals surface area contributed by atoms with Crippen LogP contribution < -0.4 is 0 Å². The van der Waals surface area contributed by atoms with Crippen molar-refractivity contribution in [3.63, 3.8) is 0 Å². The molecule has 2 nitrogen and oxygen atoms in total. The van der Waals surface area contributed by atoms with Crippen molar-refractivity contribution < 1.29 is 0 Å². The summed E-state index contributed by atoms with van der Waals surface area (Å²) in [6, 6.07) is 6.13. The van der Waals surface area contributed by atoms with Crippen LogP contribution in [0.1, 0.15) is 17.5 Å². The van der Waals surface area contributed by atoms with Gasteiger partial charge in [0, 0.05) is 11.6 Å². The van der Waals surface area contributed by atoms with Gasteiger partial charge in [-0.3, -0.25) is 0 Å². The van der Waals surface area contributed by atoms with Crippen molar-refractivity contribution >= 4 is 11.6 Å². The van der Waals surface area contributed by atoms with Gasteiger partial charge < -0.3 is 9.80 Å². The summed E-state index contributed by atoms with van der Waals surface area (Å²) in [6.07, 6.45) is 1.20. The van der Waals surface area contributed by atoms with E-state index in [-0.39, 0.29) is 0 Å². The standard InChI is InChI=1S/C14H23ClN2/c1-12-10-14(15)7-6-13(12)11-17(4)9-5-8-16(2)3/h6-7,10H,5,8-9,11H2,1-4H3. The molecule has 1 rings (SSSR count). The lowest BCUT2D eigenvalue weighted by Gasteiger charge is -2.19. The molecule has 0 aliphatic carbocycles. The minimum absolute atomic E-state index is 0.821. The van der Waals surface area contributed by atoms with Crippen molar-refractivity contribution in [1.29, 1.82) is 0 Å². The van der Waals surface area contributed by atoms with E-state index in [0.29, 0.717) is 0 Å². The van der Waals surface area contributed by atoms with Gasteiger partial charge in [0.15, 0.2) is 0 Å². The van der Waals surface area contributed by atoms with Gasteiger partial charge in [0.2, 0.25) is 0 Å². The molecular weight excluding hydrogens is 232 g/mol. The first kappa shape index (κ1) is 14.5. The summed E-state index contributed by atoms with van der Waals surface area (Å²) in [4.78, 5) is 4.58. The van der Waals surface area contributed by atoms with E-state index in [0.717, 1.165) is 24.7 Å². The number of halogens is 1. The van der Waals surface area contributed by atoms with Crippen LogP contribution in [0.2, 0.25) is 5.02 Å². The van der Waals surface area contributed by atoms with E-state index < -0.39 is 0 Å². The lowest BCUT2D eigenvalue weighted by Crippen LogP contribution is -2.23.